The zero-order chi connectivity index (χ0) is 23.9. The molecule has 1 aromatic carbocycles. The molecule has 8 nitrogen and oxygen atoms in total. The molecule has 1 amide bonds. The van der Waals surface area contributed by atoms with E-state index in [0.29, 0.717) is 49.1 Å². The Kier molecular flexibility index (Phi) is 6.30. The molecule has 1 saturated carbocycles. The minimum absolute atomic E-state index is 0.0489. The minimum Gasteiger partial charge on any atom is -0.339 e. The van der Waals surface area contributed by atoms with Crippen molar-refractivity contribution in [2.75, 3.05) is 18.4 Å². The number of hydrogen-bond donors (Lipinski definition) is 1. The van der Waals surface area contributed by atoms with Crippen molar-refractivity contribution in [3.63, 3.8) is 0 Å². The minimum atomic E-state index is -3.64. The molecule has 180 valence electrons. The summed E-state index contributed by atoms with van der Waals surface area (Å²) in [5, 5.41) is 8.84. The van der Waals surface area contributed by atoms with Crippen molar-refractivity contribution in [2.24, 2.45) is 5.92 Å². The summed E-state index contributed by atoms with van der Waals surface area (Å²) in [6, 6.07) is 7.52. The van der Waals surface area contributed by atoms with Gasteiger partial charge in [-0.05, 0) is 56.7 Å². The summed E-state index contributed by atoms with van der Waals surface area (Å²) in [5.41, 5.74) is 3.53. The van der Waals surface area contributed by atoms with Gasteiger partial charge in [-0.3, -0.25) is 4.79 Å². The first-order chi connectivity index (χ1) is 16.3. The van der Waals surface area contributed by atoms with Gasteiger partial charge in [0.25, 0.3) is 10.0 Å². The summed E-state index contributed by atoms with van der Waals surface area (Å²) in [7, 11) is -3.64. The summed E-state index contributed by atoms with van der Waals surface area (Å²) in [4.78, 5) is 17.3. The molecule has 2 aliphatic rings. The van der Waals surface area contributed by atoms with Crippen LogP contribution in [-0.4, -0.2) is 41.9 Å². The molecule has 5 rings (SSSR count). The predicted octanol–water partition coefficient (Wildman–Crippen LogP) is 4.72. The van der Waals surface area contributed by atoms with Crippen LogP contribution < -0.4 is 5.32 Å². The Bertz CT molecular complexity index is 1280. The van der Waals surface area contributed by atoms with Crippen molar-refractivity contribution in [1.82, 2.24) is 14.4 Å². The fraction of sp³-hybridized carbons (Fsp3) is 0.458. The summed E-state index contributed by atoms with van der Waals surface area (Å²) in [5.74, 6) is 1.14. The van der Waals surface area contributed by atoms with Gasteiger partial charge in [0.2, 0.25) is 17.6 Å². The number of rotatable bonds is 6. The average molecular weight is 501 g/mol. The van der Waals surface area contributed by atoms with Crippen LogP contribution in [0.15, 0.2) is 38.4 Å². The average Bonchev–Trinajstić information content (AvgIpc) is 3.45. The molecule has 0 unspecified atom stereocenters. The van der Waals surface area contributed by atoms with Gasteiger partial charge in [0.1, 0.15) is 4.21 Å². The van der Waals surface area contributed by atoms with E-state index in [9.17, 15) is 13.2 Å². The number of carbonyl (C=O) groups excluding carboxylic acids is 1. The number of para-hydroxylation sites is 1. The molecular weight excluding hydrogens is 472 g/mol. The van der Waals surface area contributed by atoms with Crippen molar-refractivity contribution in [3.05, 3.63) is 46.7 Å². The molecule has 10 heteroatoms. The van der Waals surface area contributed by atoms with Crippen molar-refractivity contribution >= 4 is 33.0 Å². The van der Waals surface area contributed by atoms with E-state index in [1.165, 1.54) is 10.7 Å². The predicted molar refractivity (Wildman–Crippen MR) is 130 cm³/mol. The van der Waals surface area contributed by atoms with E-state index < -0.39 is 10.0 Å². The molecule has 3 aromatic rings. The molecule has 1 aliphatic carbocycles. The third-order valence-electron chi connectivity index (χ3n) is 6.88. The summed E-state index contributed by atoms with van der Waals surface area (Å²) < 4.78 is 33.6. The third kappa shape index (κ3) is 4.42. The topological polar surface area (TPSA) is 105 Å². The second-order valence-corrected chi connectivity index (χ2v) is 12.2. The number of benzene rings is 1. The number of amides is 1. The fourth-order valence-electron chi connectivity index (χ4n) is 4.47. The van der Waals surface area contributed by atoms with Crippen molar-refractivity contribution in [3.8, 4) is 11.4 Å². The van der Waals surface area contributed by atoms with Gasteiger partial charge in [-0.25, -0.2) is 8.42 Å². The van der Waals surface area contributed by atoms with Crippen LogP contribution in [0.5, 0.6) is 0 Å². The fourth-order valence-corrected chi connectivity index (χ4v) is 7.25. The highest BCUT2D eigenvalue weighted by atomic mass is 32.2. The van der Waals surface area contributed by atoms with E-state index in [4.69, 9.17) is 4.52 Å². The summed E-state index contributed by atoms with van der Waals surface area (Å²) >= 11 is 1.16. The van der Waals surface area contributed by atoms with Gasteiger partial charge >= 0.3 is 0 Å². The van der Waals surface area contributed by atoms with Gasteiger partial charge in [0.05, 0.1) is 0 Å². The molecule has 0 radical (unpaired) electrons. The molecule has 2 aromatic heterocycles. The molecule has 34 heavy (non-hydrogen) atoms. The molecular formula is C24H28N4O4S2. The first-order valence-electron chi connectivity index (χ1n) is 11.6. The lowest BCUT2D eigenvalue weighted by atomic mass is 9.85. The number of carbonyl (C=O) groups is 1. The second-order valence-electron chi connectivity index (χ2n) is 9.17. The van der Waals surface area contributed by atoms with Crippen LogP contribution >= 0.6 is 11.3 Å². The van der Waals surface area contributed by atoms with Gasteiger partial charge in [0, 0.05) is 41.6 Å². The Hall–Kier alpha value is -2.56. The molecule has 0 atom stereocenters. The van der Waals surface area contributed by atoms with E-state index in [0.717, 1.165) is 41.0 Å². The number of sulfonamides is 1. The quantitative estimate of drug-likeness (QED) is 0.525. The van der Waals surface area contributed by atoms with Crippen molar-refractivity contribution in [1.29, 1.82) is 0 Å². The molecule has 1 saturated heterocycles. The number of nitrogens with one attached hydrogen (secondary N) is 1. The highest BCUT2D eigenvalue weighted by molar-refractivity contribution is 7.91. The third-order valence-corrected chi connectivity index (χ3v) is 10.2. The zero-order valence-electron chi connectivity index (χ0n) is 19.3. The van der Waals surface area contributed by atoms with Crippen molar-refractivity contribution < 1.29 is 17.7 Å². The van der Waals surface area contributed by atoms with Gasteiger partial charge in [-0.1, -0.05) is 29.8 Å². The highest BCUT2D eigenvalue weighted by Gasteiger charge is 2.33. The number of aryl methyl sites for hydroxylation is 2. The number of nitrogens with zero attached hydrogens (tertiary/aromatic N) is 3. The zero-order valence-corrected chi connectivity index (χ0v) is 20.9. The van der Waals surface area contributed by atoms with E-state index in [1.54, 1.807) is 11.4 Å². The second kappa shape index (κ2) is 9.24. The maximum atomic E-state index is 13.2. The normalized spacial score (nSPS) is 18.1. The standard InChI is InChI=1S/C24H28N4O4S2/c1-15-5-3-6-16(2)21(15)25-23(29)17-9-11-28(12-10-17)34(30,31)20-13-19(14-33-20)22-26-24(32-27-22)18-7-4-8-18/h3,5-6,13-14,17-18H,4,7-12H2,1-2H3,(H,25,29). The highest BCUT2D eigenvalue weighted by Crippen LogP contribution is 2.37. The van der Waals surface area contributed by atoms with Crippen LogP contribution in [0.25, 0.3) is 11.4 Å². The van der Waals surface area contributed by atoms with Crippen LogP contribution in [0.3, 0.4) is 0 Å². The Balaban J connectivity index is 1.22. The lowest BCUT2D eigenvalue weighted by Gasteiger charge is -2.30. The maximum absolute atomic E-state index is 13.2. The van der Waals surface area contributed by atoms with E-state index in [1.807, 2.05) is 32.0 Å². The maximum Gasteiger partial charge on any atom is 0.252 e. The molecule has 0 bridgehead atoms. The van der Waals surface area contributed by atoms with E-state index in [2.05, 4.69) is 15.5 Å². The van der Waals surface area contributed by atoms with Crippen molar-refractivity contribution in [2.45, 2.75) is 56.1 Å². The number of aromatic nitrogens is 2. The van der Waals surface area contributed by atoms with E-state index in [-0.39, 0.29) is 16.0 Å². The van der Waals surface area contributed by atoms with Crippen LogP contribution in [0.1, 0.15) is 55.0 Å². The Labute approximate surface area is 203 Å². The molecule has 3 heterocycles. The Morgan fingerprint density at radius 3 is 2.50 bits per heavy atom. The SMILES string of the molecule is Cc1cccc(C)c1NC(=O)C1CCN(S(=O)(=O)c2cc(-c3noc(C4CCC4)n3)cs2)CC1. The largest absolute Gasteiger partial charge is 0.339 e. The van der Waals surface area contributed by atoms with Gasteiger partial charge in [-0.2, -0.15) is 9.29 Å². The number of hydrogen-bond acceptors (Lipinski definition) is 7. The number of anilines is 1. The Morgan fingerprint density at radius 2 is 1.85 bits per heavy atom. The lowest BCUT2D eigenvalue weighted by molar-refractivity contribution is -0.120. The summed E-state index contributed by atoms with van der Waals surface area (Å²) in [6.07, 6.45) is 4.27. The smallest absolute Gasteiger partial charge is 0.252 e. The van der Waals surface area contributed by atoms with Crippen LogP contribution in [-0.2, 0) is 14.8 Å². The molecule has 1 N–H and O–H groups in total. The van der Waals surface area contributed by atoms with E-state index >= 15 is 0 Å². The van der Waals surface area contributed by atoms with Crippen LogP contribution in [0.2, 0.25) is 0 Å². The molecule has 0 spiro atoms. The summed E-state index contributed by atoms with van der Waals surface area (Å²) in [6.45, 7) is 4.56. The van der Waals surface area contributed by atoms with Gasteiger partial charge in [0.15, 0.2) is 0 Å². The first kappa shape index (κ1) is 23.2. The van der Waals surface area contributed by atoms with Gasteiger partial charge < -0.3 is 9.84 Å². The van der Waals surface area contributed by atoms with Crippen LogP contribution in [0, 0.1) is 19.8 Å². The molecule has 2 fully saturated rings. The lowest BCUT2D eigenvalue weighted by Crippen LogP contribution is -2.41. The number of piperidine rings is 1. The Morgan fingerprint density at radius 1 is 1.15 bits per heavy atom. The van der Waals surface area contributed by atoms with Crippen LogP contribution in [0.4, 0.5) is 5.69 Å². The first-order valence-corrected chi connectivity index (χ1v) is 13.9. The number of thiophene rings is 1. The monoisotopic (exact) mass is 500 g/mol. The van der Waals surface area contributed by atoms with Gasteiger partial charge in [-0.15, -0.1) is 11.3 Å². The molecule has 1 aliphatic heterocycles.